The predicted octanol–water partition coefficient (Wildman–Crippen LogP) is 5.52. The highest BCUT2D eigenvalue weighted by Crippen LogP contribution is 2.30. The van der Waals surface area contributed by atoms with E-state index in [-0.39, 0.29) is 11.8 Å². The minimum Gasteiger partial charge on any atom is -0.490 e. The molecule has 1 heterocycles. The number of benzene rings is 2. The van der Waals surface area contributed by atoms with Crippen LogP contribution in [0.4, 0.5) is 16.2 Å². The molecule has 3 aromatic rings. The lowest BCUT2D eigenvalue weighted by Crippen LogP contribution is -2.17. The fourth-order valence-corrected chi connectivity index (χ4v) is 2.96. The molecular formula is C26H29N3O5. The van der Waals surface area contributed by atoms with Gasteiger partial charge < -0.3 is 19.5 Å². The molecule has 178 valence electrons. The third-order valence-electron chi connectivity index (χ3n) is 4.54. The Bertz CT molecular complexity index is 1100. The van der Waals surface area contributed by atoms with Crippen LogP contribution in [0.3, 0.4) is 0 Å². The standard InChI is InChI=1S/C26H29N3O5/c1-4-32-24-13-20(10-11-23(24)33-17-19-7-6-12-27-15-19)25(30)28-21-8-5-9-22(14-21)29-26(31)34-16-18(2)3/h5-15,18H,4,16-17H2,1-3H3,(H,28,30)(H,29,31). The van der Waals surface area contributed by atoms with Gasteiger partial charge in [-0.25, -0.2) is 4.79 Å². The maximum atomic E-state index is 12.8. The zero-order valence-electron chi connectivity index (χ0n) is 19.5. The quantitative estimate of drug-likeness (QED) is 0.411. The number of hydrogen-bond donors (Lipinski definition) is 2. The lowest BCUT2D eigenvalue weighted by Gasteiger charge is -2.14. The van der Waals surface area contributed by atoms with Gasteiger partial charge in [0.05, 0.1) is 13.2 Å². The molecule has 0 fully saturated rings. The van der Waals surface area contributed by atoms with Gasteiger partial charge >= 0.3 is 6.09 Å². The van der Waals surface area contributed by atoms with E-state index in [1.54, 1.807) is 54.9 Å². The van der Waals surface area contributed by atoms with E-state index in [9.17, 15) is 9.59 Å². The molecule has 1 aromatic heterocycles. The minimum absolute atomic E-state index is 0.241. The molecule has 0 spiro atoms. The Kier molecular flexibility index (Phi) is 8.85. The number of carbonyl (C=O) groups excluding carboxylic acids is 2. The van der Waals surface area contributed by atoms with Gasteiger partial charge in [0, 0.05) is 34.9 Å². The molecule has 34 heavy (non-hydrogen) atoms. The van der Waals surface area contributed by atoms with Crippen molar-refractivity contribution in [1.29, 1.82) is 0 Å². The second-order valence-electron chi connectivity index (χ2n) is 7.90. The summed E-state index contributed by atoms with van der Waals surface area (Å²) in [6.45, 7) is 6.86. The number of nitrogens with zero attached hydrogens (tertiary/aromatic N) is 1. The number of amides is 2. The number of nitrogens with one attached hydrogen (secondary N) is 2. The van der Waals surface area contributed by atoms with E-state index in [2.05, 4.69) is 15.6 Å². The molecule has 0 aliphatic rings. The first-order chi connectivity index (χ1) is 16.4. The Morgan fingerprint density at radius 2 is 1.74 bits per heavy atom. The Balaban J connectivity index is 1.66. The summed E-state index contributed by atoms with van der Waals surface area (Å²) in [6.07, 6.45) is 2.89. The summed E-state index contributed by atoms with van der Waals surface area (Å²) in [6, 6.07) is 15.6. The van der Waals surface area contributed by atoms with Gasteiger partial charge in [0.2, 0.25) is 0 Å². The molecule has 0 bridgehead atoms. The lowest BCUT2D eigenvalue weighted by atomic mass is 10.1. The monoisotopic (exact) mass is 463 g/mol. The van der Waals surface area contributed by atoms with Crippen LogP contribution in [0.15, 0.2) is 67.0 Å². The van der Waals surface area contributed by atoms with Crippen LogP contribution < -0.4 is 20.1 Å². The molecule has 0 aliphatic heterocycles. The van der Waals surface area contributed by atoms with E-state index in [4.69, 9.17) is 14.2 Å². The molecule has 0 atom stereocenters. The van der Waals surface area contributed by atoms with Crippen LogP contribution >= 0.6 is 0 Å². The zero-order chi connectivity index (χ0) is 24.3. The van der Waals surface area contributed by atoms with Crippen LogP contribution in [0.5, 0.6) is 11.5 Å². The Hall–Kier alpha value is -4.07. The summed E-state index contributed by atoms with van der Waals surface area (Å²) in [5, 5.41) is 5.49. The fraction of sp³-hybridized carbons (Fsp3) is 0.269. The first kappa shape index (κ1) is 24.6. The molecule has 0 aliphatic carbocycles. The van der Waals surface area contributed by atoms with Gasteiger partial charge in [0.15, 0.2) is 11.5 Å². The topological polar surface area (TPSA) is 98.8 Å². The van der Waals surface area contributed by atoms with E-state index in [1.165, 1.54) is 0 Å². The minimum atomic E-state index is -0.541. The van der Waals surface area contributed by atoms with Crippen molar-refractivity contribution >= 4 is 23.4 Å². The molecule has 8 heteroatoms. The van der Waals surface area contributed by atoms with E-state index >= 15 is 0 Å². The third-order valence-corrected chi connectivity index (χ3v) is 4.54. The first-order valence-electron chi connectivity index (χ1n) is 11.1. The lowest BCUT2D eigenvalue weighted by molar-refractivity contribution is 0.102. The van der Waals surface area contributed by atoms with Crippen molar-refractivity contribution in [3.8, 4) is 11.5 Å². The molecule has 2 amide bonds. The molecule has 0 unspecified atom stereocenters. The SMILES string of the molecule is CCOc1cc(C(=O)Nc2cccc(NC(=O)OCC(C)C)c2)ccc1OCc1cccnc1. The molecular weight excluding hydrogens is 434 g/mol. The first-order valence-corrected chi connectivity index (χ1v) is 11.1. The third kappa shape index (κ3) is 7.51. The Morgan fingerprint density at radius 3 is 2.44 bits per heavy atom. The number of pyridine rings is 1. The van der Waals surface area contributed by atoms with Crippen molar-refractivity contribution in [3.05, 3.63) is 78.1 Å². The summed E-state index contributed by atoms with van der Waals surface area (Å²) in [5.41, 5.74) is 2.38. The van der Waals surface area contributed by atoms with Crippen LogP contribution in [0, 0.1) is 5.92 Å². The Labute approximate surface area is 199 Å². The Morgan fingerprint density at radius 1 is 0.941 bits per heavy atom. The second-order valence-corrected chi connectivity index (χ2v) is 7.90. The van der Waals surface area contributed by atoms with Crippen LogP contribution in [-0.2, 0) is 11.3 Å². The van der Waals surface area contributed by atoms with Crippen LogP contribution in [-0.4, -0.2) is 30.2 Å². The molecule has 8 nitrogen and oxygen atoms in total. The molecule has 3 rings (SSSR count). The molecule has 0 radical (unpaired) electrons. The van der Waals surface area contributed by atoms with Crippen molar-refractivity contribution in [2.24, 2.45) is 5.92 Å². The highest BCUT2D eigenvalue weighted by atomic mass is 16.5. The highest BCUT2D eigenvalue weighted by Gasteiger charge is 2.13. The van der Waals surface area contributed by atoms with E-state index < -0.39 is 6.09 Å². The molecule has 2 aromatic carbocycles. The van der Waals surface area contributed by atoms with Crippen LogP contribution in [0.2, 0.25) is 0 Å². The van der Waals surface area contributed by atoms with Crippen molar-refractivity contribution in [3.63, 3.8) is 0 Å². The molecule has 0 saturated heterocycles. The van der Waals surface area contributed by atoms with E-state index in [1.807, 2.05) is 32.9 Å². The number of anilines is 2. The fourth-order valence-electron chi connectivity index (χ4n) is 2.96. The average molecular weight is 464 g/mol. The number of aromatic nitrogens is 1. The van der Waals surface area contributed by atoms with Gasteiger partial charge in [-0.3, -0.25) is 15.1 Å². The number of rotatable bonds is 10. The van der Waals surface area contributed by atoms with Gasteiger partial charge in [-0.15, -0.1) is 0 Å². The maximum Gasteiger partial charge on any atom is 0.411 e. The maximum absolute atomic E-state index is 12.8. The number of hydrogen-bond acceptors (Lipinski definition) is 6. The van der Waals surface area contributed by atoms with Crippen LogP contribution in [0.25, 0.3) is 0 Å². The van der Waals surface area contributed by atoms with Gasteiger partial charge in [0.25, 0.3) is 5.91 Å². The van der Waals surface area contributed by atoms with Crippen LogP contribution in [0.1, 0.15) is 36.7 Å². The smallest absolute Gasteiger partial charge is 0.411 e. The van der Waals surface area contributed by atoms with Gasteiger partial charge in [-0.1, -0.05) is 26.0 Å². The highest BCUT2D eigenvalue weighted by molar-refractivity contribution is 6.05. The van der Waals surface area contributed by atoms with Gasteiger partial charge in [-0.05, 0) is 55.3 Å². The summed E-state index contributed by atoms with van der Waals surface area (Å²) in [7, 11) is 0. The summed E-state index contributed by atoms with van der Waals surface area (Å²) < 4.78 is 16.7. The number of carbonyl (C=O) groups is 2. The predicted molar refractivity (Wildman–Crippen MR) is 130 cm³/mol. The normalized spacial score (nSPS) is 10.5. The number of ether oxygens (including phenoxy) is 3. The average Bonchev–Trinajstić information content (AvgIpc) is 2.83. The van der Waals surface area contributed by atoms with Crippen molar-refractivity contribution < 1.29 is 23.8 Å². The van der Waals surface area contributed by atoms with E-state index in [0.717, 1.165) is 5.56 Å². The van der Waals surface area contributed by atoms with Gasteiger partial charge in [-0.2, -0.15) is 0 Å². The zero-order valence-corrected chi connectivity index (χ0v) is 19.5. The van der Waals surface area contributed by atoms with Gasteiger partial charge in [0.1, 0.15) is 6.61 Å². The summed E-state index contributed by atoms with van der Waals surface area (Å²) in [5.74, 6) is 0.931. The molecule has 0 saturated carbocycles. The van der Waals surface area contributed by atoms with Crippen molar-refractivity contribution in [2.45, 2.75) is 27.4 Å². The second kappa shape index (κ2) is 12.2. The summed E-state index contributed by atoms with van der Waals surface area (Å²) >= 11 is 0. The molecule has 2 N–H and O–H groups in total. The van der Waals surface area contributed by atoms with Crippen molar-refractivity contribution in [1.82, 2.24) is 4.98 Å². The van der Waals surface area contributed by atoms with Crippen molar-refractivity contribution in [2.75, 3.05) is 23.8 Å². The largest absolute Gasteiger partial charge is 0.490 e. The van der Waals surface area contributed by atoms with E-state index in [0.29, 0.717) is 48.3 Å². The summed E-state index contributed by atoms with van der Waals surface area (Å²) in [4.78, 5) is 28.8.